The van der Waals surface area contributed by atoms with E-state index in [4.69, 9.17) is 19.0 Å². The van der Waals surface area contributed by atoms with Crippen LogP contribution in [0, 0.1) is 0 Å². The molecule has 1 aliphatic heterocycles. The molecule has 27 heavy (non-hydrogen) atoms. The normalized spacial score (nSPS) is 18.5. The van der Waals surface area contributed by atoms with Crippen molar-refractivity contribution >= 4 is 18.9 Å². The van der Waals surface area contributed by atoms with Gasteiger partial charge in [0.1, 0.15) is 0 Å². The van der Waals surface area contributed by atoms with E-state index in [1.54, 1.807) is 14.1 Å². The van der Waals surface area contributed by atoms with Crippen molar-refractivity contribution in [3.8, 4) is 0 Å². The van der Waals surface area contributed by atoms with Gasteiger partial charge in [-0.05, 0) is 46.0 Å². The molecule has 9 heteroatoms. The van der Waals surface area contributed by atoms with Crippen LogP contribution in [0.25, 0.3) is 0 Å². The van der Waals surface area contributed by atoms with Gasteiger partial charge in [0.2, 0.25) is 11.8 Å². The number of carbonyl (C=O) groups excluding carboxylic acids is 2. The molecule has 0 N–H and O–H groups in total. The number of carbonyl (C=O) groups is 2. The monoisotopic (exact) mass is 384 g/mol. The van der Waals surface area contributed by atoms with E-state index in [-0.39, 0.29) is 18.2 Å². The zero-order valence-electron chi connectivity index (χ0n) is 17.8. The molecule has 0 bridgehead atoms. The lowest BCUT2D eigenvalue weighted by molar-refractivity contribution is -0.169. The lowest BCUT2D eigenvalue weighted by Gasteiger charge is -2.32. The van der Waals surface area contributed by atoms with Crippen molar-refractivity contribution in [2.75, 3.05) is 28.3 Å². The van der Waals surface area contributed by atoms with Crippen LogP contribution in [0.2, 0.25) is 0 Å². The van der Waals surface area contributed by atoms with Gasteiger partial charge in [-0.25, -0.2) is 10.1 Å². The van der Waals surface area contributed by atoms with Gasteiger partial charge in [-0.2, -0.15) is 0 Å². The van der Waals surface area contributed by atoms with Crippen LogP contribution in [-0.2, 0) is 28.6 Å². The van der Waals surface area contributed by atoms with Crippen molar-refractivity contribution in [1.82, 2.24) is 10.1 Å². The van der Waals surface area contributed by atoms with E-state index in [1.165, 1.54) is 24.3 Å². The minimum absolute atomic E-state index is 0.128. The van der Waals surface area contributed by atoms with E-state index in [0.717, 1.165) is 5.47 Å². The Balaban J connectivity index is 2.85. The molecule has 2 amide bonds. The molecule has 154 valence electrons. The number of hydroxylamine groups is 4. The molecule has 0 spiro atoms. The van der Waals surface area contributed by atoms with E-state index in [1.807, 2.05) is 33.8 Å². The number of amides is 2. The topological polar surface area (TPSA) is 77.5 Å². The first-order chi connectivity index (χ1) is 12.4. The number of allylic oxidation sites excluding steroid dienone is 2. The molecule has 0 unspecified atom stereocenters. The largest absolute Gasteiger partial charge is 0.490 e. The third-order valence-electron chi connectivity index (χ3n) is 5.20. The van der Waals surface area contributed by atoms with Crippen LogP contribution in [0.4, 0.5) is 0 Å². The zero-order chi connectivity index (χ0) is 20.8. The minimum Gasteiger partial charge on any atom is -0.400 e. The summed E-state index contributed by atoms with van der Waals surface area (Å²) in [5.41, 5.74) is -0.105. The predicted molar refractivity (Wildman–Crippen MR) is 102 cm³/mol. The Morgan fingerprint density at radius 1 is 0.889 bits per heavy atom. The molecule has 1 saturated heterocycles. The Morgan fingerprint density at radius 3 is 1.78 bits per heavy atom. The first kappa shape index (κ1) is 23.6. The molecule has 0 saturated carbocycles. The standard InChI is InChI=1S/C18H33BN2O6/c1-17(2)18(3,4)27-19(26-17)14(12-13-16(23)21(6)25-8)10-9-11-15(22)20(5)24-7/h10H,9,11-13H2,1-8H3/b14-10-. The predicted octanol–water partition coefficient (Wildman–Crippen LogP) is 2.14. The second kappa shape index (κ2) is 9.68. The molecule has 1 heterocycles. The number of rotatable bonds is 9. The summed E-state index contributed by atoms with van der Waals surface area (Å²) in [5, 5.41) is 2.39. The molecule has 8 nitrogen and oxygen atoms in total. The van der Waals surface area contributed by atoms with Crippen LogP contribution >= 0.6 is 0 Å². The molecule has 0 aliphatic carbocycles. The average Bonchev–Trinajstić information content (AvgIpc) is 2.83. The Bertz CT molecular complexity index is 548. The molecule has 0 aromatic rings. The van der Waals surface area contributed by atoms with Gasteiger partial charge in [0.05, 0.1) is 25.4 Å². The van der Waals surface area contributed by atoms with E-state index >= 15 is 0 Å². The Kier molecular flexibility index (Phi) is 8.47. The summed E-state index contributed by atoms with van der Waals surface area (Å²) in [7, 11) is 5.48. The maximum Gasteiger partial charge on any atom is 0.490 e. The molecule has 1 aliphatic rings. The fourth-order valence-corrected chi connectivity index (χ4v) is 2.46. The number of hydrogen-bond acceptors (Lipinski definition) is 6. The van der Waals surface area contributed by atoms with Gasteiger partial charge in [-0.1, -0.05) is 6.08 Å². The Hall–Kier alpha value is -1.42. The second-order valence-corrected chi connectivity index (χ2v) is 7.55. The minimum atomic E-state index is -0.550. The second-order valence-electron chi connectivity index (χ2n) is 7.55. The Morgan fingerprint density at radius 2 is 1.33 bits per heavy atom. The van der Waals surface area contributed by atoms with Gasteiger partial charge in [0.15, 0.2) is 0 Å². The molecule has 1 rings (SSSR count). The molecular formula is C18H33BN2O6. The summed E-state index contributed by atoms with van der Waals surface area (Å²) in [6, 6.07) is 0. The summed E-state index contributed by atoms with van der Waals surface area (Å²) in [6.45, 7) is 7.91. The van der Waals surface area contributed by atoms with Crippen molar-refractivity contribution in [2.24, 2.45) is 0 Å². The van der Waals surface area contributed by atoms with Crippen LogP contribution in [0.3, 0.4) is 0 Å². The average molecular weight is 384 g/mol. The van der Waals surface area contributed by atoms with Crippen LogP contribution in [0.1, 0.15) is 53.4 Å². The SMILES string of the molecule is CON(C)C(=O)CC/C=C(/CCC(=O)N(C)OC)B1OC(C)(C)C(C)(C)O1. The van der Waals surface area contributed by atoms with Crippen LogP contribution < -0.4 is 0 Å². The first-order valence-electron chi connectivity index (χ1n) is 9.11. The highest BCUT2D eigenvalue weighted by Gasteiger charge is 2.52. The number of nitrogens with zero attached hydrogens (tertiary/aromatic N) is 2. The maximum absolute atomic E-state index is 12.1. The highest BCUT2D eigenvalue weighted by atomic mass is 16.7. The van der Waals surface area contributed by atoms with E-state index in [9.17, 15) is 9.59 Å². The maximum atomic E-state index is 12.1. The molecule has 1 fully saturated rings. The fraction of sp³-hybridized carbons (Fsp3) is 0.778. The lowest BCUT2D eigenvalue weighted by atomic mass is 9.74. The third-order valence-corrected chi connectivity index (χ3v) is 5.20. The van der Waals surface area contributed by atoms with Crippen LogP contribution in [0.5, 0.6) is 0 Å². The van der Waals surface area contributed by atoms with E-state index < -0.39 is 18.3 Å². The summed E-state index contributed by atoms with van der Waals surface area (Å²) in [6.07, 6.45) is 3.42. The number of hydrogen-bond donors (Lipinski definition) is 0. The van der Waals surface area contributed by atoms with Gasteiger partial charge in [0.25, 0.3) is 0 Å². The highest BCUT2D eigenvalue weighted by Crippen LogP contribution is 2.39. The van der Waals surface area contributed by atoms with E-state index in [0.29, 0.717) is 19.3 Å². The summed E-state index contributed by atoms with van der Waals surface area (Å²) < 4.78 is 12.2. The van der Waals surface area contributed by atoms with Crippen molar-refractivity contribution < 1.29 is 28.6 Å². The first-order valence-corrected chi connectivity index (χ1v) is 9.11. The van der Waals surface area contributed by atoms with Gasteiger partial charge in [-0.15, -0.1) is 0 Å². The summed E-state index contributed by atoms with van der Waals surface area (Å²) in [5.74, 6) is -0.271. The van der Waals surface area contributed by atoms with Crippen LogP contribution in [-0.4, -0.2) is 68.6 Å². The molecular weight excluding hydrogens is 351 g/mol. The quantitative estimate of drug-likeness (QED) is 0.448. The van der Waals surface area contributed by atoms with E-state index in [2.05, 4.69) is 0 Å². The molecule has 0 radical (unpaired) electrons. The van der Waals surface area contributed by atoms with Gasteiger partial charge >= 0.3 is 7.12 Å². The van der Waals surface area contributed by atoms with Crippen LogP contribution in [0.15, 0.2) is 11.5 Å². The highest BCUT2D eigenvalue weighted by molar-refractivity contribution is 6.54. The van der Waals surface area contributed by atoms with Gasteiger partial charge < -0.3 is 9.31 Å². The molecule has 0 aromatic heterocycles. The summed E-state index contributed by atoms with van der Waals surface area (Å²) >= 11 is 0. The van der Waals surface area contributed by atoms with Crippen molar-refractivity contribution in [1.29, 1.82) is 0 Å². The molecule has 0 aromatic carbocycles. The van der Waals surface area contributed by atoms with Crippen molar-refractivity contribution in [2.45, 2.75) is 64.6 Å². The smallest absolute Gasteiger partial charge is 0.400 e. The lowest BCUT2D eigenvalue weighted by Crippen LogP contribution is -2.41. The van der Waals surface area contributed by atoms with Crippen molar-refractivity contribution in [3.63, 3.8) is 0 Å². The van der Waals surface area contributed by atoms with Gasteiger partial charge in [0, 0.05) is 26.9 Å². The third kappa shape index (κ3) is 6.31. The van der Waals surface area contributed by atoms with Crippen molar-refractivity contribution in [3.05, 3.63) is 11.5 Å². The summed E-state index contributed by atoms with van der Waals surface area (Å²) in [4.78, 5) is 33.8. The van der Waals surface area contributed by atoms with Gasteiger partial charge in [-0.3, -0.25) is 19.3 Å². The fourth-order valence-electron chi connectivity index (χ4n) is 2.46. The zero-order valence-corrected chi connectivity index (χ0v) is 17.8. The Labute approximate surface area is 162 Å². The molecule has 0 atom stereocenters.